The van der Waals surface area contributed by atoms with Gasteiger partial charge in [-0.05, 0) is 52.8 Å². The van der Waals surface area contributed by atoms with Crippen LogP contribution in [-0.2, 0) is 0 Å². The molecule has 0 spiro atoms. The molecule has 206 valence electrons. The summed E-state index contributed by atoms with van der Waals surface area (Å²) in [6.45, 7) is 24.0. The molecule has 0 amide bonds. The Morgan fingerprint density at radius 1 is 0.590 bits per heavy atom. The van der Waals surface area contributed by atoms with Crippen molar-refractivity contribution in [2.24, 2.45) is 0 Å². The minimum absolute atomic E-state index is 0.0562. The Labute approximate surface area is 236 Å². The van der Waals surface area contributed by atoms with Gasteiger partial charge in [0.25, 0.3) is 0 Å². The summed E-state index contributed by atoms with van der Waals surface area (Å²) in [5.74, 6) is 1.25. The van der Waals surface area contributed by atoms with Crippen LogP contribution in [0.1, 0.15) is 119 Å². The molecule has 3 aromatic rings. The molecule has 39 heavy (non-hydrogen) atoms. The van der Waals surface area contributed by atoms with Crippen molar-refractivity contribution in [3.8, 4) is 0 Å². The van der Waals surface area contributed by atoms with Crippen LogP contribution in [0.4, 0.5) is 11.4 Å². The highest BCUT2D eigenvalue weighted by molar-refractivity contribution is 6.12. The van der Waals surface area contributed by atoms with Crippen LogP contribution in [0.2, 0.25) is 0 Å². The maximum absolute atomic E-state index is 14.1. The molecule has 3 rings (SSSR count). The van der Waals surface area contributed by atoms with Crippen molar-refractivity contribution >= 4 is 17.2 Å². The predicted octanol–water partition coefficient (Wildman–Crippen LogP) is 10.4. The molecule has 0 radical (unpaired) electrons. The summed E-state index contributed by atoms with van der Waals surface area (Å²) >= 11 is 0. The number of nitrogens with one attached hydrogen (secondary N) is 2. The van der Waals surface area contributed by atoms with Crippen molar-refractivity contribution in [1.82, 2.24) is 0 Å². The van der Waals surface area contributed by atoms with E-state index in [0.717, 1.165) is 17.1 Å². The quantitative estimate of drug-likeness (QED) is 0.149. The zero-order chi connectivity index (χ0) is 28.9. The van der Waals surface area contributed by atoms with E-state index < -0.39 is 0 Å². The molecule has 0 bridgehead atoms. The van der Waals surface area contributed by atoms with Gasteiger partial charge in [-0.1, -0.05) is 129 Å². The lowest BCUT2D eigenvalue weighted by molar-refractivity contribution is 0.103. The first kappa shape index (κ1) is 30.0. The fourth-order valence-corrected chi connectivity index (χ4v) is 5.12. The lowest BCUT2D eigenvalue weighted by Gasteiger charge is -2.25. The number of benzene rings is 3. The first-order chi connectivity index (χ1) is 18.4. The summed E-state index contributed by atoms with van der Waals surface area (Å²) in [6, 6.07) is 22.4. The third-order valence-corrected chi connectivity index (χ3v) is 7.27. The van der Waals surface area contributed by atoms with Gasteiger partial charge >= 0.3 is 0 Å². The fraction of sp³-hybridized carbons (Fsp3) is 0.361. The maximum Gasteiger partial charge on any atom is 0.196 e. The van der Waals surface area contributed by atoms with E-state index in [1.54, 1.807) is 0 Å². The minimum Gasteiger partial charge on any atom is -0.358 e. The van der Waals surface area contributed by atoms with E-state index in [4.69, 9.17) is 0 Å². The number of anilines is 2. The van der Waals surface area contributed by atoms with Crippen LogP contribution in [0.5, 0.6) is 0 Å². The third-order valence-electron chi connectivity index (χ3n) is 7.27. The SMILES string of the molecule is C=C(Nc1c(C(C)C)cccc1C(C)C)/C(C(=O)c1ccccc1)=C(/C)Nc1c(C(C)C)cccc1C(C)C. The van der Waals surface area contributed by atoms with Crippen molar-refractivity contribution < 1.29 is 4.79 Å². The Hall–Kier alpha value is -3.59. The predicted molar refractivity (Wildman–Crippen MR) is 169 cm³/mol. The Morgan fingerprint density at radius 2 is 0.974 bits per heavy atom. The second-order valence-electron chi connectivity index (χ2n) is 11.7. The van der Waals surface area contributed by atoms with Gasteiger partial charge in [0.1, 0.15) is 0 Å². The summed E-state index contributed by atoms with van der Waals surface area (Å²) < 4.78 is 0. The van der Waals surface area contributed by atoms with Crippen LogP contribution >= 0.6 is 0 Å². The van der Waals surface area contributed by atoms with E-state index in [1.807, 2.05) is 37.3 Å². The Kier molecular flexibility index (Phi) is 9.97. The molecular weight excluding hydrogens is 476 g/mol. The van der Waals surface area contributed by atoms with Gasteiger partial charge in [0.2, 0.25) is 0 Å². The van der Waals surface area contributed by atoms with Gasteiger partial charge in [-0.25, -0.2) is 0 Å². The van der Waals surface area contributed by atoms with Crippen LogP contribution in [0.15, 0.2) is 90.3 Å². The van der Waals surface area contributed by atoms with Gasteiger partial charge in [0.15, 0.2) is 5.78 Å². The summed E-state index contributed by atoms with van der Waals surface area (Å²) in [4.78, 5) is 14.1. The number of carbonyl (C=O) groups excluding carboxylic acids is 1. The number of hydrogen-bond donors (Lipinski definition) is 2. The Morgan fingerprint density at radius 3 is 1.36 bits per heavy atom. The molecule has 0 aliphatic rings. The smallest absolute Gasteiger partial charge is 0.196 e. The highest BCUT2D eigenvalue weighted by atomic mass is 16.1. The third kappa shape index (κ3) is 6.89. The molecule has 2 N–H and O–H groups in total. The minimum atomic E-state index is -0.0562. The second kappa shape index (κ2) is 13.0. The normalized spacial score (nSPS) is 12.2. The molecule has 0 unspecified atom stereocenters. The highest BCUT2D eigenvalue weighted by Crippen LogP contribution is 2.37. The number of Topliss-reactive ketones (excluding diaryl/α,β-unsaturated/α-hetero) is 1. The van der Waals surface area contributed by atoms with E-state index in [-0.39, 0.29) is 5.78 Å². The standard InChI is InChI=1S/C36H46N2O/c1-22(2)29-18-14-19-30(23(3)4)34(29)37-26(9)33(36(39)28-16-12-11-13-17-28)27(10)38-35-31(24(5)6)20-15-21-32(35)25(7)8/h11-25,37-38H,9H2,1-8,10H3/b33-27+. The molecule has 0 aliphatic carbocycles. The molecule has 0 fully saturated rings. The van der Waals surface area contributed by atoms with E-state index in [0.29, 0.717) is 40.5 Å². The van der Waals surface area contributed by atoms with Gasteiger partial charge < -0.3 is 10.6 Å². The lowest BCUT2D eigenvalue weighted by atomic mass is 9.91. The number of allylic oxidation sites excluding steroid dienone is 2. The molecule has 0 saturated carbocycles. The summed E-state index contributed by atoms with van der Waals surface area (Å²) in [6.07, 6.45) is 0. The summed E-state index contributed by atoms with van der Waals surface area (Å²) in [5.41, 5.74) is 9.60. The van der Waals surface area contributed by atoms with E-state index in [9.17, 15) is 4.79 Å². The van der Waals surface area contributed by atoms with Gasteiger partial charge in [0.05, 0.1) is 5.57 Å². The van der Waals surface area contributed by atoms with Gasteiger partial charge in [0, 0.05) is 28.3 Å². The first-order valence-electron chi connectivity index (χ1n) is 14.2. The topological polar surface area (TPSA) is 41.1 Å². The molecule has 0 aliphatic heterocycles. The van der Waals surface area contributed by atoms with Crippen LogP contribution in [0, 0.1) is 0 Å². The van der Waals surface area contributed by atoms with Crippen LogP contribution in [0.3, 0.4) is 0 Å². The largest absolute Gasteiger partial charge is 0.358 e. The van der Waals surface area contributed by atoms with Crippen molar-refractivity contribution in [2.75, 3.05) is 10.6 Å². The molecule has 0 aromatic heterocycles. The fourth-order valence-electron chi connectivity index (χ4n) is 5.12. The van der Waals surface area contributed by atoms with Gasteiger partial charge in [-0.15, -0.1) is 0 Å². The number of hydrogen-bond acceptors (Lipinski definition) is 3. The average Bonchev–Trinajstić information content (AvgIpc) is 2.88. The van der Waals surface area contributed by atoms with Crippen LogP contribution in [0.25, 0.3) is 0 Å². The van der Waals surface area contributed by atoms with Gasteiger partial charge in [-0.2, -0.15) is 0 Å². The molecule has 3 heteroatoms. The number of para-hydroxylation sites is 2. The summed E-state index contributed by atoms with van der Waals surface area (Å²) in [7, 11) is 0. The number of ketones is 1. The van der Waals surface area contributed by atoms with Crippen molar-refractivity contribution in [3.05, 3.63) is 118 Å². The summed E-state index contributed by atoms with van der Waals surface area (Å²) in [5, 5.41) is 7.31. The van der Waals surface area contributed by atoms with Crippen molar-refractivity contribution in [1.29, 1.82) is 0 Å². The monoisotopic (exact) mass is 522 g/mol. The molecule has 3 nitrogen and oxygen atoms in total. The molecule has 0 heterocycles. The van der Waals surface area contributed by atoms with Crippen LogP contribution < -0.4 is 10.6 Å². The first-order valence-corrected chi connectivity index (χ1v) is 14.2. The number of carbonyl (C=O) groups is 1. The maximum atomic E-state index is 14.1. The van der Waals surface area contributed by atoms with E-state index in [1.165, 1.54) is 22.3 Å². The second-order valence-corrected chi connectivity index (χ2v) is 11.7. The van der Waals surface area contributed by atoms with Gasteiger partial charge in [-0.3, -0.25) is 4.79 Å². The van der Waals surface area contributed by atoms with E-state index >= 15 is 0 Å². The number of rotatable bonds is 11. The van der Waals surface area contributed by atoms with E-state index in [2.05, 4.69) is 109 Å². The molecule has 0 atom stereocenters. The lowest BCUT2D eigenvalue weighted by Crippen LogP contribution is -2.18. The zero-order valence-corrected chi connectivity index (χ0v) is 25.3. The van der Waals surface area contributed by atoms with Crippen LogP contribution in [-0.4, -0.2) is 5.78 Å². The van der Waals surface area contributed by atoms with Crippen molar-refractivity contribution in [2.45, 2.75) is 86.0 Å². The molecule has 3 aromatic carbocycles. The van der Waals surface area contributed by atoms with Crippen molar-refractivity contribution in [3.63, 3.8) is 0 Å². The highest BCUT2D eigenvalue weighted by Gasteiger charge is 2.23. The average molecular weight is 523 g/mol. The Bertz CT molecular complexity index is 1290. The Balaban J connectivity index is 2.20. The molecular formula is C36H46N2O. The molecule has 0 saturated heterocycles. The zero-order valence-electron chi connectivity index (χ0n) is 25.3.